The number of pyridine rings is 1. The lowest BCUT2D eigenvalue weighted by atomic mass is 10.1. The summed E-state index contributed by atoms with van der Waals surface area (Å²) in [7, 11) is 0. The molecule has 4 heteroatoms. The van der Waals surface area contributed by atoms with Crippen molar-refractivity contribution in [2.75, 3.05) is 0 Å². The van der Waals surface area contributed by atoms with Gasteiger partial charge in [-0.15, -0.1) is 10.2 Å². The number of hydrogen-bond donors (Lipinski definition) is 0. The van der Waals surface area contributed by atoms with E-state index in [1.54, 1.807) is 23.7 Å². The van der Waals surface area contributed by atoms with E-state index in [-0.39, 0.29) is 0 Å². The highest BCUT2D eigenvalue weighted by Gasteiger charge is 2.10. The van der Waals surface area contributed by atoms with E-state index < -0.39 is 0 Å². The summed E-state index contributed by atoms with van der Waals surface area (Å²) in [6, 6.07) is 3.92. The Bertz CT molecular complexity index is 424. The first-order valence-electron chi connectivity index (χ1n) is 5.05. The van der Waals surface area contributed by atoms with Crippen molar-refractivity contribution in [1.82, 2.24) is 15.2 Å². The SMILES string of the molecule is CCC(C)c1nnc(-c2ccncc2)s1. The molecule has 15 heavy (non-hydrogen) atoms. The van der Waals surface area contributed by atoms with Gasteiger partial charge >= 0.3 is 0 Å². The zero-order valence-electron chi connectivity index (χ0n) is 8.84. The highest BCUT2D eigenvalue weighted by Crippen LogP contribution is 2.28. The van der Waals surface area contributed by atoms with Crippen LogP contribution in [0.15, 0.2) is 24.5 Å². The largest absolute Gasteiger partial charge is 0.265 e. The van der Waals surface area contributed by atoms with Crippen LogP contribution in [-0.2, 0) is 0 Å². The maximum absolute atomic E-state index is 4.21. The van der Waals surface area contributed by atoms with Crippen LogP contribution in [-0.4, -0.2) is 15.2 Å². The zero-order chi connectivity index (χ0) is 10.7. The summed E-state index contributed by atoms with van der Waals surface area (Å²) in [6.07, 6.45) is 4.66. The molecule has 0 N–H and O–H groups in total. The summed E-state index contributed by atoms with van der Waals surface area (Å²) in [5, 5.41) is 10.5. The molecule has 0 amide bonds. The maximum Gasteiger partial charge on any atom is 0.147 e. The third-order valence-corrected chi connectivity index (χ3v) is 3.61. The van der Waals surface area contributed by atoms with E-state index in [1.807, 2.05) is 12.1 Å². The van der Waals surface area contributed by atoms with Gasteiger partial charge in [-0.25, -0.2) is 0 Å². The van der Waals surface area contributed by atoms with Crippen LogP contribution in [0, 0.1) is 0 Å². The number of hydrogen-bond acceptors (Lipinski definition) is 4. The molecule has 0 radical (unpaired) electrons. The summed E-state index contributed by atoms with van der Waals surface area (Å²) in [5.74, 6) is 0.498. The van der Waals surface area contributed by atoms with Gasteiger partial charge in [-0.1, -0.05) is 25.2 Å². The van der Waals surface area contributed by atoms with E-state index in [2.05, 4.69) is 29.0 Å². The first-order valence-corrected chi connectivity index (χ1v) is 5.86. The van der Waals surface area contributed by atoms with Crippen LogP contribution in [0.3, 0.4) is 0 Å². The van der Waals surface area contributed by atoms with E-state index in [0.717, 1.165) is 22.0 Å². The monoisotopic (exact) mass is 219 g/mol. The molecule has 0 aliphatic carbocycles. The number of aromatic nitrogens is 3. The minimum Gasteiger partial charge on any atom is -0.265 e. The fourth-order valence-electron chi connectivity index (χ4n) is 1.22. The smallest absolute Gasteiger partial charge is 0.147 e. The van der Waals surface area contributed by atoms with Crippen molar-refractivity contribution in [2.45, 2.75) is 26.2 Å². The lowest BCUT2D eigenvalue weighted by Gasteiger charge is -2.00. The second-order valence-corrected chi connectivity index (χ2v) is 4.50. The molecule has 0 bridgehead atoms. The highest BCUT2D eigenvalue weighted by atomic mass is 32.1. The van der Waals surface area contributed by atoms with E-state index in [1.165, 1.54) is 0 Å². The Labute approximate surface area is 93.2 Å². The predicted molar refractivity (Wildman–Crippen MR) is 61.8 cm³/mol. The first-order chi connectivity index (χ1) is 7.31. The van der Waals surface area contributed by atoms with Crippen molar-refractivity contribution in [3.8, 4) is 10.6 Å². The summed E-state index contributed by atoms with van der Waals surface area (Å²) in [4.78, 5) is 3.99. The first kappa shape index (κ1) is 10.2. The number of nitrogens with zero attached hydrogens (tertiary/aromatic N) is 3. The highest BCUT2D eigenvalue weighted by molar-refractivity contribution is 7.14. The third-order valence-electron chi connectivity index (χ3n) is 2.40. The van der Waals surface area contributed by atoms with Crippen LogP contribution < -0.4 is 0 Å². The van der Waals surface area contributed by atoms with Crippen LogP contribution in [0.1, 0.15) is 31.2 Å². The van der Waals surface area contributed by atoms with Gasteiger partial charge in [0.15, 0.2) is 0 Å². The molecule has 3 nitrogen and oxygen atoms in total. The summed E-state index contributed by atoms with van der Waals surface area (Å²) in [6.45, 7) is 4.34. The molecule has 0 aliphatic rings. The molecule has 0 aromatic carbocycles. The molecule has 0 spiro atoms. The van der Waals surface area contributed by atoms with Gasteiger partial charge in [0.25, 0.3) is 0 Å². The molecule has 0 saturated carbocycles. The van der Waals surface area contributed by atoms with E-state index in [4.69, 9.17) is 0 Å². The average Bonchev–Trinajstić information content (AvgIpc) is 2.78. The lowest BCUT2D eigenvalue weighted by molar-refractivity contribution is 0.715. The van der Waals surface area contributed by atoms with Gasteiger partial charge < -0.3 is 0 Å². The molecule has 2 aromatic heterocycles. The molecule has 0 saturated heterocycles. The molecule has 0 aliphatic heterocycles. The van der Waals surface area contributed by atoms with Gasteiger partial charge in [0.05, 0.1) is 0 Å². The van der Waals surface area contributed by atoms with Gasteiger partial charge in [-0.2, -0.15) is 0 Å². The van der Waals surface area contributed by atoms with Gasteiger partial charge in [-0.3, -0.25) is 4.98 Å². The van der Waals surface area contributed by atoms with Crippen molar-refractivity contribution in [3.63, 3.8) is 0 Å². The zero-order valence-corrected chi connectivity index (χ0v) is 9.66. The average molecular weight is 219 g/mol. The molecule has 2 rings (SSSR count). The van der Waals surface area contributed by atoms with Crippen LogP contribution in [0.5, 0.6) is 0 Å². The van der Waals surface area contributed by atoms with Crippen LogP contribution in [0.25, 0.3) is 10.6 Å². The van der Waals surface area contributed by atoms with Crippen molar-refractivity contribution in [3.05, 3.63) is 29.5 Å². The second-order valence-electron chi connectivity index (χ2n) is 3.49. The maximum atomic E-state index is 4.21. The standard InChI is InChI=1S/C11H13N3S/c1-3-8(2)10-13-14-11(15-10)9-4-6-12-7-5-9/h4-8H,3H2,1-2H3. The topological polar surface area (TPSA) is 38.7 Å². The van der Waals surface area contributed by atoms with Gasteiger partial charge in [0.1, 0.15) is 10.0 Å². The molecular formula is C11H13N3S. The van der Waals surface area contributed by atoms with E-state index in [9.17, 15) is 0 Å². The summed E-state index contributed by atoms with van der Waals surface area (Å²) in [5.41, 5.74) is 1.09. The Morgan fingerprint density at radius 2 is 2.00 bits per heavy atom. The quantitative estimate of drug-likeness (QED) is 0.796. The van der Waals surface area contributed by atoms with E-state index >= 15 is 0 Å². The van der Waals surface area contributed by atoms with Gasteiger partial charge in [0, 0.05) is 23.9 Å². The Hall–Kier alpha value is -1.29. The van der Waals surface area contributed by atoms with Crippen molar-refractivity contribution in [2.24, 2.45) is 0 Å². The predicted octanol–water partition coefficient (Wildman–Crippen LogP) is 3.11. The lowest BCUT2D eigenvalue weighted by Crippen LogP contribution is -1.88. The number of rotatable bonds is 3. The third kappa shape index (κ3) is 2.21. The molecule has 2 aromatic rings. The fourth-order valence-corrected chi connectivity index (χ4v) is 2.20. The molecular weight excluding hydrogens is 206 g/mol. The molecule has 2 heterocycles. The molecule has 78 valence electrons. The van der Waals surface area contributed by atoms with Crippen molar-refractivity contribution in [1.29, 1.82) is 0 Å². The van der Waals surface area contributed by atoms with Gasteiger partial charge in [-0.05, 0) is 18.6 Å². The summed E-state index contributed by atoms with van der Waals surface area (Å²) >= 11 is 1.67. The fraction of sp³-hybridized carbons (Fsp3) is 0.364. The molecule has 0 fully saturated rings. The Balaban J connectivity index is 2.28. The Morgan fingerprint density at radius 1 is 1.27 bits per heavy atom. The van der Waals surface area contributed by atoms with Crippen LogP contribution in [0.2, 0.25) is 0 Å². The Morgan fingerprint density at radius 3 is 2.67 bits per heavy atom. The van der Waals surface area contributed by atoms with Crippen molar-refractivity contribution < 1.29 is 0 Å². The van der Waals surface area contributed by atoms with Crippen LogP contribution >= 0.6 is 11.3 Å². The van der Waals surface area contributed by atoms with Crippen LogP contribution in [0.4, 0.5) is 0 Å². The minimum absolute atomic E-state index is 0.498. The summed E-state index contributed by atoms with van der Waals surface area (Å²) < 4.78 is 0. The normalized spacial score (nSPS) is 12.7. The van der Waals surface area contributed by atoms with Crippen molar-refractivity contribution >= 4 is 11.3 Å². The molecule has 1 unspecified atom stereocenters. The molecule has 1 atom stereocenters. The minimum atomic E-state index is 0.498. The van der Waals surface area contributed by atoms with E-state index in [0.29, 0.717) is 5.92 Å². The van der Waals surface area contributed by atoms with Gasteiger partial charge in [0.2, 0.25) is 0 Å². The second kappa shape index (κ2) is 4.49. The Kier molecular flexibility index (Phi) is 3.06.